The Bertz CT molecular complexity index is 884. The van der Waals surface area contributed by atoms with Crippen LogP contribution in [0.2, 0.25) is 0 Å². The lowest BCUT2D eigenvalue weighted by molar-refractivity contribution is 0.382. The fourth-order valence-corrected chi connectivity index (χ4v) is 3.40. The molecule has 0 bridgehead atoms. The maximum Gasteiger partial charge on any atom is 0.237 e. The van der Waals surface area contributed by atoms with E-state index in [0.29, 0.717) is 24.1 Å². The first kappa shape index (κ1) is 18.4. The number of allylic oxidation sites excluding steroid dienone is 1. The molecule has 26 heavy (non-hydrogen) atoms. The minimum atomic E-state index is 0.501. The van der Waals surface area contributed by atoms with Crippen LogP contribution in [0.1, 0.15) is 31.1 Å². The molecule has 0 saturated heterocycles. The van der Waals surface area contributed by atoms with Crippen LogP contribution < -0.4 is 0 Å². The second-order valence-corrected chi connectivity index (χ2v) is 7.51. The van der Waals surface area contributed by atoms with Gasteiger partial charge in [0.1, 0.15) is 0 Å². The van der Waals surface area contributed by atoms with Crippen molar-refractivity contribution < 1.29 is 4.52 Å². The highest BCUT2D eigenvalue weighted by molar-refractivity contribution is 7.98. The third-order valence-corrected chi connectivity index (χ3v) is 4.68. The Morgan fingerprint density at radius 3 is 2.88 bits per heavy atom. The Hall–Kier alpha value is -2.41. The Labute approximate surface area is 157 Å². The van der Waals surface area contributed by atoms with E-state index in [4.69, 9.17) is 4.52 Å². The normalized spacial score (nSPS) is 11.2. The molecular weight excluding hydrogens is 346 g/mol. The lowest BCUT2D eigenvalue weighted by atomic mass is 10.1. The molecule has 1 aromatic carbocycles. The van der Waals surface area contributed by atoms with Crippen molar-refractivity contribution >= 4 is 11.8 Å². The Balaban J connectivity index is 1.77. The fraction of sp³-hybridized carbons (Fsp3) is 0.368. The summed E-state index contributed by atoms with van der Waals surface area (Å²) in [5.74, 6) is 3.26. The first-order valence-electron chi connectivity index (χ1n) is 8.62. The van der Waals surface area contributed by atoms with Crippen LogP contribution in [-0.2, 0) is 18.7 Å². The van der Waals surface area contributed by atoms with Gasteiger partial charge in [0.05, 0.1) is 5.75 Å². The van der Waals surface area contributed by atoms with Crippen LogP contribution in [-0.4, -0.2) is 24.9 Å². The van der Waals surface area contributed by atoms with Crippen LogP contribution in [0.5, 0.6) is 0 Å². The standard InChI is InChI=1S/C19H23N5OS/c1-5-9-24-18(15-8-6-7-14(4)11-15)21-22-19(24)26-12-17-20-16(23-25-17)10-13(2)3/h5-8,11,13H,1,9-10,12H2,2-4H3. The predicted octanol–water partition coefficient (Wildman–Crippen LogP) is 4.31. The molecule has 2 aromatic heterocycles. The number of hydrogen-bond donors (Lipinski definition) is 0. The molecule has 0 radical (unpaired) electrons. The van der Waals surface area contributed by atoms with E-state index in [2.05, 4.69) is 64.4 Å². The van der Waals surface area contributed by atoms with E-state index in [1.807, 2.05) is 18.2 Å². The summed E-state index contributed by atoms with van der Waals surface area (Å²) in [5, 5.41) is 13.6. The van der Waals surface area contributed by atoms with Crippen LogP contribution in [0.3, 0.4) is 0 Å². The molecule has 0 spiro atoms. The van der Waals surface area contributed by atoms with E-state index in [0.717, 1.165) is 28.8 Å². The van der Waals surface area contributed by atoms with Gasteiger partial charge >= 0.3 is 0 Å². The summed E-state index contributed by atoms with van der Waals surface area (Å²) in [6, 6.07) is 8.24. The maximum atomic E-state index is 5.33. The average Bonchev–Trinajstić information content (AvgIpc) is 3.20. The Morgan fingerprint density at radius 2 is 2.15 bits per heavy atom. The average molecular weight is 369 g/mol. The van der Waals surface area contributed by atoms with E-state index in [1.165, 1.54) is 17.3 Å². The number of benzene rings is 1. The highest BCUT2D eigenvalue weighted by Gasteiger charge is 2.15. The Kier molecular flexibility index (Phi) is 5.88. The van der Waals surface area contributed by atoms with E-state index in [-0.39, 0.29) is 0 Å². The highest BCUT2D eigenvalue weighted by atomic mass is 32.2. The summed E-state index contributed by atoms with van der Waals surface area (Å²) >= 11 is 1.54. The second kappa shape index (κ2) is 8.31. The summed E-state index contributed by atoms with van der Waals surface area (Å²) in [6.07, 6.45) is 2.67. The van der Waals surface area contributed by atoms with Crippen LogP contribution in [0.4, 0.5) is 0 Å². The van der Waals surface area contributed by atoms with Gasteiger partial charge in [0.2, 0.25) is 5.89 Å². The SMILES string of the molecule is C=CCn1c(SCc2nc(CC(C)C)no2)nnc1-c1cccc(C)c1. The molecule has 0 N–H and O–H groups in total. The number of rotatable bonds is 8. The lowest BCUT2D eigenvalue weighted by Crippen LogP contribution is -2.01. The minimum Gasteiger partial charge on any atom is -0.338 e. The molecule has 2 heterocycles. The van der Waals surface area contributed by atoms with Crippen molar-refractivity contribution in [1.82, 2.24) is 24.9 Å². The molecule has 0 amide bonds. The van der Waals surface area contributed by atoms with Crippen molar-refractivity contribution in [3.8, 4) is 11.4 Å². The topological polar surface area (TPSA) is 69.6 Å². The molecule has 6 nitrogen and oxygen atoms in total. The van der Waals surface area contributed by atoms with Crippen molar-refractivity contribution in [3.05, 3.63) is 54.2 Å². The van der Waals surface area contributed by atoms with Crippen molar-refractivity contribution in [1.29, 1.82) is 0 Å². The molecule has 136 valence electrons. The number of aryl methyl sites for hydroxylation is 1. The van der Waals surface area contributed by atoms with Gasteiger partial charge in [-0.05, 0) is 18.9 Å². The zero-order chi connectivity index (χ0) is 18.5. The second-order valence-electron chi connectivity index (χ2n) is 6.57. The first-order chi connectivity index (χ1) is 12.6. The lowest BCUT2D eigenvalue weighted by Gasteiger charge is -2.07. The van der Waals surface area contributed by atoms with Crippen molar-refractivity contribution in [2.45, 2.75) is 44.6 Å². The monoisotopic (exact) mass is 369 g/mol. The van der Waals surface area contributed by atoms with Gasteiger partial charge in [-0.25, -0.2) is 0 Å². The molecular formula is C19H23N5OS. The summed E-state index contributed by atoms with van der Waals surface area (Å²) in [4.78, 5) is 4.44. The molecule has 0 aliphatic rings. The smallest absolute Gasteiger partial charge is 0.237 e. The molecule has 0 unspecified atom stereocenters. The van der Waals surface area contributed by atoms with Crippen LogP contribution in [0, 0.1) is 12.8 Å². The van der Waals surface area contributed by atoms with Gasteiger partial charge in [0.25, 0.3) is 0 Å². The van der Waals surface area contributed by atoms with Crippen molar-refractivity contribution in [3.63, 3.8) is 0 Å². The molecule has 0 saturated carbocycles. The van der Waals surface area contributed by atoms with Gasteiger partial charge in [0, 0.05) is 18.5 Å². The molecule has 0 aliphatic heterocycles. The maximum absolute atomic E-state index is 5.33. The van der Waals surface area contributed by atoms with Gasteiger partial charge in [-0.1, -0.05) is 60.6 Å². The zero-order valence-electron chi connectivity index (χ0n) is 15.3. The quantitative estimate of drug-likeness (QED) is 0.435. The van der Waals surface area contributed by atoms with Gasteiger partial charge in [0.15, 0.2) is 16.8 Å². The van der Waals surface area contributed by atoms with Gasteiger partial charge in [-0.3, -0.25) is 4.57 Å². The molecule has 3 aromatic rings. The molecule has 7 heteroatoms. The van der Waals surface area contributed by atoms with E-state index >= 15 is 0 Å². The van der Waals surface area contributed by atoms with E-state index in [9.17, 15) is 0 Å². The number of nitrogens with zero attached hydrogens (tertiary/aromatic N) is 5. The first-order valence-corrected chi connectivity index (χ1v) is 9.60. The third-order valence-electron chi connectivity index (χ3n) is 3.73. The van der Waals surface area contributed by atoms with Gasteiger partial charge < -0.3 is 4.52 Å². The Morgan fingerprint density at radius 1 is 1.31 bits per heavy atom. The number of aromatic nitrogens is 5. The highest BCUT2D eigenvalue weighted by Crippen LogP contribution is 2.26. The van der Waals surface area contributed by atoms with Crippen LogP contribution in [0.15, 0.2) is 46.6 Å². The zero-order valence-corrected chi connectivity index (χ0v) is 16.2. The van der Waals surface area contributed by atoms with Crippen LogP contribution in [0.25, 0.3) is 11.4 Å². The van der Waals surface area contributed by atoms with Gasteiger partial charge in [-0.15, -0.1) is 16.8 Å². The minimum absolute atomic E-state index is 0.501. The molecule has 0 atom stereocenters. The summed E-state index contributed by atoms with van der Waals surface area (Å²) in [6.45, 7) is 10.8. The summed E-state index contributed by atoms with van der Waals surface area (Å²) in [7, 11) is 0. The van der Waals surface area contributed by atoms with E-state index in [1.54, 1.807) is 0 Å². The predicted molar refractivity (Wildman–Crippen MR) is 103 cm³/mol. The van der Waals surface area contributed by atoms with Crippen molar-refractivity contribution in [2.24, 2.45) is 5.92 Å². The number of hydrogen-bond acceptors (Lipinski definition) is 6. The molecule has 3 rings (SSSR count). The largest absolute Gasteiger partial charge is 0.338 e. The third kappa shape index (κ3) is 4.40. The van der Waals surface area contributed by atoms with Crippen LogP contribution >= 0.6 is 11.8 Å². The number of thioether (sulfide) groups is 1. The van der Waals surface area contributed by atoms with Gasteiger partial charge in [-0.2, -0.15) is 4.98 Å². The fourth-order valence-electron chi connectivity index (χ4n) is 2.61. The summed E-state index contributed by atoms with van der Waals surface area (Å²) in [5.41, 5.74) is 2.23. The molecule has 0 fully saturated rings. The molecule has 0 aliphatic carbocycles. The van der Waals surface area contributed by atoms with Crippen molar-refractivity contribution in [2.75, 3.05) is 0 Å². The van der Waals surface area contributed by atoms with E-state index < -0.39 is 0 Å². The summed E-state index contributed by atoms with van der Waals surface area (Å²) < 4.78 is 7.39.